The quantitative estimate of drug-likeness (QED) is 0.460. The van der Waals surface area contributed by atoms with Crippen molar-refractivity contribution in [3.05, 3.63) is 81.8 Å². The fourth-order valence-electron chi connectivity index (χ4n) is 4.14. The summed E-state index contributed by atoms with van der Waals surface area (Å²) in [6.45, 7) is 4.63. The van der Waals surface area contributed by atoms with Crippen LogP contribution in [-0.4, -0.2) is 28.9 Å². The van der Waals surface area contributed by atoms with Gasteiger partial charge in [0.05, 0.1) is 0 Å². The predicted octanol–water partition coefficient (Wildman–Crippen LogP) is 5.32. The molecule has 0 aliphatic heterocycles. The molecule has 1 fully saturated rings. The molecular formula is C27H31N3O3S. The minimum absolute atomic E-state index is 0.0966. The Balaban J connectivity index is 1.32. The Hall–Kier alpha value is -3.19. The van der Waals surface area contributed by atoms with Crippen LogP contribution in [0.15, 0.2) is 60.0 Å². The summed E-state index contributed by atoms with van der Waals surface area (Å²) in [5.41, 5.74) is 2.28. The van der Waals surface area contributed by atoms with Crippen LogP contribution in [0.2, 0.25) is 0 Å². The van der Waals surface area contributed by atoms with Gasteiger partial charge in [-0.3, -0.25) is 9.59 Å². The van der Waals surface area contributed by atoms with Crippen molar-refractivity contribution in [2.45, 2.75) is 64.1 Å². The molecule has 1 saturated carbocycles. The molecule has 2 atom stereocenters. The highest BCUT2D eigenvalue weighted by atomic mass is 32.1. The van der Waals surface area contributed by atoms with Gasteiger partial charge in [0.1, 0.15) is 23.1 Å². The van der Waals surface area contributed by atoms with Gasteiger partial charge in [0.15, 0.2) is 0 Å². The number of hydrogen-bond acceptors (Lipinski definition) is 5. The van der Waals surface area contributed by atoms with E-state index in [1.54, 1.807) is 17.5 Å². The van der Waals surface area contributed by atoms with Crippen LogP contribution in [-0.2, 0) is 6.61 Å². The van der Waals surface area contributed by atoms with Crippen LogP contribution in [0.25, 0.3) is 0 Å². The predicted molar refractivity (Wildman–Crippen MR) is 134 cm³/mol. The monoisotopic (exact) mass is 477 g/mol. The molecule has 6 nitrogen and oxygen atoms in total. The Labute approximate surface area is 204 Å². The van der Waals surface area contributed by atoms with Crippen molar-refractivity contribution in [3.63, 3.8) is 0 Å². The molecule has 178 valence electrons. The van der Waals surface area contributed by atoms with E-state index in [-0.39, 0.29) is 23.9 Å². The van der Waals surface area contributed by atoms with E-state index < -0.39 is 0 Å². The zero-order chi connectivity index (χ0) is 23.9. The van der Waals surface area contributed by atoms with Gasteiger partial charge in [-0.1, -0.05) is 57.0 Å². The van der Waals surface area contributed by atoms with Crippen LogP contribution in [0.1, 0.15) is 76.9 Å². The lowest BCUT2D eigenvalue weighted by Crippen LogP contribution is -2.53. The van der Waals surface area contributed by atoms with Gasteiger partial charge in [-0.05, 0) is 48.6 Å². The van der Waals surface area contributed by atoms with Crippen molar-refractivity contribution >= 4 is 23.2 Å². The second-order valence-corrected chi connectivity index (χ2v) is 9.89. The minimum atomic E-state index is -0.213. The molecule has 0 saturated heterocycles. The first-order valence-corrected chi connectivity index (χ1v) is 12.7. The largest absolute Gasteiger partial charge is 0.486 e. The molecule has 7 heteroatoms. The molecule has 1 aliphatic carbocycles. The zero-order valence-electron chi connectivity index (χ0n) is 19.6. The number of ether oxygens (including phenoxy) is 1. The maximum absolute atomic E-state index is 12.9. The molecule has 2 N–H and O–H groups in total. The fourth-order valence-corrected chi connectivity index (χ4v) is 4.82. The molecule has 4 rings (SSSR count). The summed E-state index contributed by atoms with van der Waals surface area (Å²) in [7, 11) is 0. The molecule has 1 aromatic heterocycles. The smallest absolute Gasteiger partial charge is 0.271 e. The van der Waals surface area contributed by atoms with E-state index in [4.69, 9.17) is 4.74 Å². The highest BCUT2D eigenvalue weighted by Gasteiger charge is 2.29. The number of nitrogens with one attached hydrogen (secondary N) is 2. The molecule has 2 aromatic carbocycles. The molecule has 3 aromatic rings. The van der Waals surface area contributed by atoms with E-state index in [0.717, 1.165) is 36.4 Å². The first-order valence-electron chi connectivity index (χ1n) is 11.8. The highest BCUT2D eigenvalue weighted by Crippen LogP contribution is 2.22. The van der Waals surface area contributed by atoms with Crippen molar-refractivity contribution < 1.29 is 14.3 Å². The summed E-state index contributed by atoms with van der Waals surface area (Å²) in [4.78, 5) is 30.0. The molecule has 1 aliphatic rings. The first kappa shape index (κ1) is 24.0. The number of nitrogens with zero attached hydrogens (tertiary/aromatic N) is 1. The zero-order valence-corrected chi connectivity index (χ0v) is 20.4. The summed E-state index contributed by atoms with van der Waals surface area (Å²) < 4.78 is 5.84. The third-order valence-corrected chi connectivity index (χ3v) is 6.95. The maximum Gasteiger partial charge on any atom is 0.271 e. The number of aromatic nitrogens is 1. The third-order valence-electron chi connectivity index (χ3n) is 6.13. The van der Waals surface area contributed by atoms with Gasteiger partial charge >= 0.3 is 0 Å². The molecule has 0 radical (unpaired) electrons. The summed E-state index contributed by atoms with van der Waals surface area (Å²) >= 11 is 1.41. The van der Waals surface area contributed by atoms with Crippen molar-refractivity contribution in [1.29, 1.82) is 0 Å². The molecule has 0 spiro atoms. The van der Waals surface area contributed by atoms with Crippen molar-refractivity contribution in [2.24, 2.45) is 0 Å². The molecule has 2 amide bonds. The lowest BCUT2D eigenvalue weighted by atomic mass is 9.90. The first-order chi connectivity index (χ1) is 16.5. The number of hydrogen-bond donors (Lipinski definition) is 2. The Kier molecular flexibility index (Phi) is 7.95. The summed E-state index contributed by atoms with van der Waals surface area (Å²) in [6, 6.07) is 17.0. The Morgan fingerprint density at radius 1 is 0.971 bits per heavy atom. The second kappa shape index (κ2) is 11.3. The highest BCUT2D eigenvalue weighted by molar-refractivity contribution is 7.09. The third kappa shape index (κ3) is 6.23. The molecule has 34 heavy (non-hydrogen) atoms. The van der Waals surface area contributed by atoms with Gasteiger partial charge in [-0.2, -0.15) is 0 Å². The fraction of sp³-hybridized carbons (Fsp3) is 0.370. The van der Waals surface area contributed by atoms with Crippen LogP contribution < -0.4 is 15.4 Å². The van der Waals surface area contributed by atoms with Crippen molar-refractivity contribution in [3.8, 4) is 5.75 Å². The normalized spacial score (nSPS) is 17.9. The van der Waals surface area contributed by atoms with Crippen LogP contribution in [0.5, 0.6) is 5.75 Å². The van der Waals surface area contributed by atoms with Gasteiger partial charge in [0, 0.05) is 23.0 Å². The average Bonchev–Trinajstić information content (AvgIpc) is 3.34. The summed E-state index contributed by atoms with van der Waals surface area (Å²) in [5, 5.41) is 8.71. The van der Waals surface area contributed by atoms with Gasteiger partial charge < -0.3 is 15.4 Å². The van der Waals surface area contributed by atoms with E-state index in [2.05, 4.69) is 41.6 Å². The standard InChI is InChI=1S/C27H31N3O3S/c1-18(2)19-12-14-21(15-13-19)33-16-25-28-24(17-34-25)27(32)30-23-11-7-6-10-22(23)29-26(31)20-8-4-3-5-9-20/h3-5,8-9,12-15,17-18,22-23H,6-7,10-11,16H2,1-2H3,(H,29,31)(H,30,32). The van der Waals surface area contributed by atoms with Crippen LogP contribution in [0, 0.1) is 0 Å². The van der Waals surface area contributed by atoms with Gasteiger partial charge in [0.2, 0.25) is 0 Å². The van der Waals surface area contributed by atoms with Crippen LogP contribution in [0.3, 0.4) is 0 Å². The number of benzene rings is 2. The maximum atomic E-state index is 12.9. The van der Waals surface area contributed by atoms with Gasteiger partial charge in [0.25, 0.3) is 11.8 Å². The van der Waals surface area contributed by atoms with Crippen molar-refractivity contribution in [1.82, 2.24) is 15.6 Å². The van der Waals surface area contributed by atoms with E-state index in [9.17, 15) is 9.59 Å². The van der Waals surface area contributed by atoms with Crippen LogP contribution >= 0.6 is 11.3 Å². The Bertz CT molecular complexity index is 1100. The van der Waals surface area contributed by atoms with E-state index in [0.29, 0.717) is 23.8 Å². The van der Waals surface area contributed by atoms with Crippen molar-refractivity contribution in [2.75, 3.05) is 0 Å². The molecule has 1 heterocycles. The molecular weight excluding hydrogens is 446 g/mol. The molecule has 2 unspecified atom stereocenters. The number of thiazole rings is 1. The SMILES string of the molecule is CC(C)c1ccc(OCc2nc(C(=O)NC3CCCCC3NC(=O)c3ccccc3)cs2)cc1. The second-order valence-electron chi connectivity index (χ2n) is 8.95. The lowest BCUT2D eigenvalue weighted by molar-refractivity contribution is 0.0860. The van der Waals surface area contributed by atoms with Gasteiger partial charge in [-0.15, -0.1) is 11.3 Å². The summed E-state index contributed by atoms with van der Waals surface area (Å²) in [5.74, 6) is 0.935. The average molecular weight is 478 g/mol. The Morgan fingerprint density at radius 3 is 2.26 bits per heavy atom. The molecule has 0 bridgehead atoms. The number of carbonyl (C=O) groups is 2. The Morgan fingerprint density at radius 2 is 1.62 bits per heavy atom. The number of amides is 2. The van der Waals surface area contributed by atoms with Crippen LogP contribution in [0.4, 0.5) is 0 Å². The van der Waals surface area contributed by atoms with E-state index in [1.807, 2.05) is 30.3 Å². The summed E-state index contributed by atoms with van der Waals surface area (Å²) in [6.07, 6.45) is 3.73. The number of carbonyl (C=O) groups excluding carboxylic acids is 2. The van der Waals surface area contributed by atoms with E-state index in [1.165, 1.54) is 16.9 Å². The van der Waals surface area contributed by atoms with E-state index >= 15 is 0 Å². The van der Waals surface area contributed by atoms with Gasteiger partial charge in [-0.25, -0.2) is 4.98 Å². The topological polar surface area (TPSA) is 80.3 Å². The number of rotatable bonds is 8. The lowest BCUT2D eigenvalue weighted by Gasteiger charge is -2.32. The minimum Gasteiger partial charge on any atom is -0.486 e.